The zero-order chi connectivity index (χ0) is 21.8. The largest absolute Gasteiger partial charge is 0.325 e. The van der Waals surface area contributed by atoms with E-state index in [1.807, 2.05) is 35.9 Å². The molecule has 2 aromatic carbocycles. The van der Waals surface area contributed by atoms with Gasteiger partial charge in [-0.15, -0.1) is 10.2 Å². The van der Waals surface area contributed by atoms with Gasteiger partial charge in [0.25, 0.3) is 0 Å². The van der Waals surface area contributed by atoms with E-state index in [1.165, 1.54) is 11.8 Å². The molecule has 7 heteroatoms. The summed E-state index contributed by atoms with van der Waals surface area (Å²) in [7, 11) is 1.88. The number of para-hydroxylation sites is 1. The maximum atomic E-state index is 12.8. The number of carbonyl (C=O) groups is 1. The summed E-state index contributed by atoms with van der Waals surface area (Å²) in [6.45, 7) is 8.55. The van der Waals surface area contributed by atoms with Crippen LogP contribution in [0.3, 0.4) is 0 Å². The zero-order valence-electron chi connectivity index (χ0n) is 17.9. The molecule has 0 atom stereocenters. The Kier molecular flexibility index (Phi) is 7.21. The van der Waals surface area contributed by atoms with Gasteiger partial charge in [-0.25, -0.2) is 0 Å². The highest BCUT2D eigenvalue weighted by atomic mass is 35.5. The fourth-order valence-corrected chi connectivity index (χ4v) is 4.25. The van der Waals surface area contributed by atoms with Crippen LogP contribution in [0.25, 0.3) is 11.4 Å². The molecule has 1 heterocycles. The average Bonchev–Trinajstić information content (AvgIpc) is 3.06. The highest BCUT2D eigenvalue weighted by molar-refractivity contribution is 7.99. The summed E-state index contributed by atoms with van der Waals surface area (Å²) in [6, 6.07) is 13.7. The molecule has 1 aromatic heterocycles. The average molecular weight is 443 g/mol. The quantitative estimate of drug-likeness (QED) is 0.448. The lowest BCUT2D eigenvalue weighted by Crippen LogP contribution is -2.18. The molecule has 1 N–H and O–H groups in total. The molecule has 0 bridgehead atoms. The van der Waals surface area contributed by atoms with Crippen molar-refractivity contribution < 1.29 is 4.79 Å². The van der Waals surface area contributed by atoms with Crippen LogP contribution in [0.4, 0.5) is 5.69 Å². The summed E-state index contributed by atoms with van der Waals surface area (Å²) in [6.07, 6.45) is 0. The van der Waals surface area contributed by atoms with Crippen molar-refractivity contribution in [1.82, 2.24) is 14.8 Å². The van der Waals surface area contributed by atoms with Crippen molar-refractivity contribution in [3.63, 3.8) is 0 Å². The second-order valence-electron chi connectivity index (χ2n) is 7.80. The first-order chi connectivity index (χ1) is 14.3. The molecule has 0 aliphatic carbocycles. The molecule has 158 valence electrons. The van der Waals surface area contributed by atoms with E-state index in [9.17, 15) is 4.79 Å². The van der Waals surface area contributed by atoms with Crippen molar-refractivity contribution in [3.05, 3.63) is 58.6 Å². The Morgan fingerprint density at radius 3 is 2.27 bits per heavy atom. The molecule has 3 aromatic rings. The van der Waals surface area contributed by atoms with Crippen molar-refractivity contribution in [3.8, 4) is 11.4 Å². The van der Waals surface area contributed by atoms with Crippen LogP contribution in [0.5, 0.6) is 0 Å². The van der Waals surface area contributed by atoms with Gasteiger partial charge in [0.05, 0.1) is 10.8 Å². The Morgan fingerprint density at radius 2 is 1.67 bits per heavy atom. The van der Waals surface area contributed by atoms with Crippen LogP contribution in [0.1, 0.15) is 50.7 Å². The number of hydrogen-bond donors (Lipinski definition) is 1. The summed E-state index contributed by atoms with van der Waals surface area (Å²) >= 11 is 7.64. The number of hydrogen-bond acceptors (Lipinski definition) is 4. The molecule has 1 amide bonds. The Morgan fingerprint density at radius 1 is 1.03 bits per heavy atom. The Balaban J connectivity index is 1.75. The van der Waals surface area contributed by atoms with E-state index in [0.29, 0.717) is 27.8 Å². The third kappa shape index (κ3) is 4.87. The van der Waals surface area contributed by atoms with Crippen molar-refractivity contribution in [2.45, 2.75) is 44.7 Å². The fraction of sp³-hybridized carbons (Fsp3) is 0.348. The standard InChI is InChI=1S/C23H27ClN4OS/c1-14(2)16-10-8-11-17(15(3)4)21(16)25-20(29)13-30-23-27-26-22(28(23)5)18-9-6-7-12-19(18)24/h6-12,14-15H,13H2,1-5H3,(H,25,29). The molecule has 0 aliphatic rings. The first-order valence-electron chi connectivity index (χ1n) is 9.99. The predicted molar refractivity (Wildman–Crippen MR) is 125 cm³/mol. The minimum atomic E-state index is -0.0581. The van der Waals surface area contributed by atoms with Crippen molar-refractivity contribution in [2.75, 3.05) is 11.1 Å². The number of amides is 1. The molecular weight excluding hydrogens is 416 g/mol. The van der Waals surface area contributed by atoms with Gasteiger partial charge in [0.15, 0.2) is 11.0 Å². The molecule has 5 nitrogen and oxygen atoms in total. The molecule has 0 unspecified atom stereocenters. The second kappa shape index (κ2) is 9.67. The van der Waals surface area contributed by atoms with E-state index in [1.54, 1.807) is 0 Å². The van der Waals surface area contributed by atoms with E-state index in [4.69, 9.17) is 11.6 Å². The molecule has 0 radical (unpaired) electrons. The predicted octanol–water partition coefficient (Wildman–Crippen LogP) is 6.11. The highest BCUT2D eigenvalue weighted by Gasteiger charge is 2.18. The number of nitrogens with zero attached hydrogens (tertiary/aromatic N) is 3. The van der Waals surface area contributed by atoms with Gasteiger partial charge in [-0.2, -0.15) is 0 Å². The maximum absolute atomic E-state index is 12.8. The number of thioether (sulfide) groups is 1. The number of aromatic nitrogens is 3. The van der Waals surface area contributed by atoms with Gasteiger partial charge in [-0.05, 0) is 35.1 Å². The van der Waals surface area contributed by atoms with Crippen LogP contribution >= 0.6 is 23.4 Å². The lowest BCUT2D eigenvalue weighted by molar-refractivity contribution is -0.113. The number of anilines is 1. The SMILES string of the molecule is CC(C)c1cccc(C(C)C)c1NC(=O)CSc1nnc(-c2ccccc2Cl)n1C. The van der Waals surface area contributed by atoms with Gasteiger partial charge in [-0.1, -0.05) is 81.4 Å². The minimum absolute atomic E-state index is 0.0581. The Hall–Kier alpha value is -2.31. The Bertz CT molecular complexity index is 1020. The van der Waals surface area contributed by atoms with E-state index in [-0.39, 0.29) is 11.7 Å². The van der Waals surface area contributed by atoms with Crippen LogP contribution in [-0.4, -0.2) is 26.4 Å². The van der Waals surface area contributed by atoms with Crippen molar-refractivity contribution in [1.29, 1.82) is 0 Å². The Labute approximate surface area is 187 Å². The molecule has 0 saturated carbocycles. The first kappa shape index (κ1) is 22.4. The fourth-order valence-electron chi connectivity index (χ4n) is 3.32. The number of nitrogens with one attached hydrogen (secondary N) is 1. The molecule has 0 saturated heterocycles. The van der Waals surface area contributed by atoms with E-state index < -0.39 is 0 Å². The number of halogens is 1. The molecular formula is C23H27ClN4OS. The summed E-state index contributed by atoms with van der Waals surface area (Å²) in [5.41, 5.74) is 4.05. The normalized spacial score (nSPS) is 11.3. The molecule has 0 spiro atoms. The summed E-state index contributed by atoms with van der Waals surface area (Å²) in [5.74, 6) is 1.51. The van der Waals surface area contributed by atoms with Gasteiger partial charge in [-0.3, -0.25) is 4.79 Å². The van der Waals surface area contributed by atoms with Gasteiger partial charge >= 0.3 is 0 Å². The van der Waals surface area contributed by atoms with Crippen LogP contribution in [-0.2, 0) is 11.8 Å². The van der Waals surface area contributed by atoms with Crippen LogP contribution in [0.2, 0.25) is 5.02 Å². The minimum Gasteiger partial charge on any atom is -0.325 e. The molecule has 3 rings (SSSR count). The molecule has 30 heavy (non-hydrogen) atoms. The third-order valence-corrected chi connectivity index (χ3v) is 6.27. The molecule has 0 aliphatic heterocycles. The third-order valence-electron chi connectivity index (χ3n) is 4.92. The van der Waals surface area contributed by atoms with Crippen LogP contribution < -0.4 is 5.32 Å². The number of rotatable bonds is 7. The number of carbonyl (C=O) groups excluding carboxylic acids is 1. The second-order valence-corrected chi connectivity index (χ2v) is 9.15. The zero-order valence-corrected chi connectivity index (χ0v) is 19.5. The lowest BCUT2D eigenvalue weighted by atomic mass is 9.92. The van der Waals surface area contributed by atoms with Crippen LogP contribution in [0, 0.1) is 0 Å². The monoisotopic (exact) mass is 442 g/mol. The maximum Gasteiger partial charge on any atom is 0.234 e. The highest BCUT2D eigenvalue weighted by Crippen LogP contribution is 2.33. The lowest BCUT2D eigenvalue weighted by Gasteiger charge is -2.20. The van der Waals surface area contributed by atoms with E-state index >= 15 is 0 Å². The number of benzene rings is 2. The van der Waals surface area contributed by atoms with Gasteiger partial charge in [0.2, 0.25) is 5.91 Å². The summed E-state index contributed by atoms with van der Waals surface area (Å²) in [4.78, 5) is 12.8. The van der Waals surface area contributed by atoms with Crippen molar-refractivity contribution in [2.24, 2.45) is 7.05 Å². The van der Waals surface area contributed by atoms with Crippen molar-refractivity contribution >= 4 is 35.0 Å². The van der Waals surface area contributed by atoms with Gasteiger partial charge < -0.3 is 9.88 Å². The summed E-state index contributed by atoms with van der Waals surface area (Å²) < 4.78 is 1.86. The van der Waals surface area contributed by atoms with E-state index in [2.05, 4.69) is 61.4 Å². The molecule has 0 fully saturated rings. The van der Waals surface area contributed by atoms with Crippen LogP contribution in [0.15, 0.2) is 47.6 Å². The smallest absolute Gasteiger partial charge is 0.234 e. The summed E-state index contributed by atoms with van der Waals surface area (Å²) in [5, 5.41) is 12.9. The first-order valence-corrected chi connectivity index (χ1v) is 11.4. The van der Waals surface area contributed by atoms with Gasteiger partial charge in [0, 0.05) is 18.3 Å². The topological polar surface area (TPSA) is 59.8 Å². The van der Waals surface area contributed by atoms with Gasteiger partial charge in [0.1, 0.15) is 0 Å². The van der Waals surface area contributed by atoms with E-state index in [0.717, 1.165) is 22.4 Å².